The Balaban J connectivity index is 2.67. The molecule has 1 atom stereocenters. The number of hydrogen-bond donors (Lipinski definition) is 1. The molecule has 0 spiro atoms. The highest BCUT2D eigenvalue weighted by molar-refractivity contribution is 5.79. The Morgan fingerprint density at radius 2 is 1.74 bits per heavy atom. The minimum Gasteiger partial charge on any atom is -0.341 e. The van der Waals surface area contributed by atoms with Crippen LogP contribution in [0.5, 0.6) is 0 Å². The molecule has 19 heavy (non-hydrogen) atoms. The van der Waals surface area contributed by atoms with Crippen LogP contribution >= 0.6 is 0 Å². The largest absolute Gasteiger partial charge is 0.341 e. The van der Waals surface area contributed by atoms with Crippen molar-refractivity contribution in [3.05, 3.63) is 35.4 Å². The highest BCUT2D eigenvalue weighted by Crippen LogP contribution is 2.14. The maximum Gasteiger partial charge on any atom is 0.227 e. The number of amides is 1. The maximum atomic E-state index is 12.3. The minimum absolute atomic E-state index is 0.0834. The molecule has 0 aliphatic heterocycles. The van der Waals surface area contributed by atoms with E-state index < -0.39 is 0 Å². The van der Waals surface area contributed by atoms with Gasteiger partial charge in [-0.3, -0.25) is 4.79 Å². The molecule has 0 aromatic heterocycles. The monoisotopic (exact) mass is 262 g/mol. The Labute approximate surface area is 116 Å². The molecule has 0 radical (unpaired) electrons. The van der Waals surface area contributed by atoms with Crippen molar-refractivity contribution in [2.75, 3.05) is 13.6 Å². The zero-order valence-corrected chi connectivity index (χ0v) is 12.5. The fraction of sp³-hybridized carbons (Fsp3) is 0.562. The highest BCUT2D eigenvalue weighted by atomic mass is 16.2. The van der Waals surface area contributed by atoms with Crippen LogP contribution in [0.3, 0.4) is 0 Å². The molecule has 0 aliphatic rings. The lowest BCUT2D eigenvalue weighted by Gasteiger charge is -2.25. The molecule has 0 aliphatic carbocycles. The number of rotatable bonds is 6. The fourth-order valence-electron chi connectivity index (χ4n) is 2.17. The second-order valence-corrected chi connectivity index (χ2v) is 5.45. The first-order valence-electron chi connectivity index (χ1n) is 7.02. The number of aryl methyl sites for hydroxylation is 1. The standard InChI is InChI=1S/C16H26N2O/c1-5-13-6-8-14(9-7-13)11-18(4)16(19)15(10-17)12(2)3/h6-9,12,15H,5,10-11,17H2,1-4H3. The smallest absolute Gasteiger partial charge is 0.227 e. The minimum atomic E-state index is -0.0834. The van der Waals surface area contributed by atoms with Crippen molar-refractivity contribution in [3.8, 4) is 0 Å². The van der Waals surface area contributed by atoms with Crippen molar-refractivity contribution in [3.63, 3.8) is 0 Å². The first-order valence-corrected chi connectivity index (χ1v) is 7.02. The molecule has 106 valence electrons. The van der Waals surface area contributed by atoms with Crippen LogP contribution in [-0.4, -0.2) is 24.4 Å². The molecular formula is C16H26N2O. The van der Waals surface area contributed by atoms with Gasteiger partial charge in [0.2, 0.25) is 5.91 Å². The molecule has 3 heteroatoms. The van der Waals surface area contributed by atoms with Crippen LogP contribution in [0.2, 0.25) is 0 Å². The third kappa shape index (κ3) is 4.35. The van der Waals surface area contributed by atoms with E-state index in [1.165, 1.54) is 5.56 Å². The number of carbonyl (C=O) groups is 1. The third-order valence-electron chi connectivity index (χ3n) is 3.60. The topological polar surface area (TPSA) is 46.3 Å². The van der Waals surface area contributed by atoms with Gasteiger partial charge in [-0.15, -0.1) is 0 Å². The van der Waals surface area contributed by atoms with Gasteiger partial charge >= 0.3 is 0 Å². The van der Waals surface area contributed by atoms with E-state index in [4.69, 9.17) is 5.73 Å². The molecule has 0 bridgehead atoms. The van der Waals surface area contributed by atoms with Gasteiger partial charge in [-0.2, -0.15) is 0 Å². The summed E-state index contributed by atoms with van der Waals surface area (Å²) in [5, 5.41) is 0. The van der Waals surface area contributed by atoms with E-state index in [-0.39, 0.29) is 17.7 Å². The van der Waals surface area contributed by atoms with E-state index in [0.717, 1.165) is 12.0 Å². The van der Waals surface area contributed by atoms with Crippen molar-refractivity contribution in [1.82, 2.24) is 4.90 Å². The number of carbonyl (C=O) groups excluding carboxylic acids is 1. The molecule has 0 saturated heterocycles. The third-order valence-corrected chi connectivity index (χ3v) is 3.60. The summed E-state index contributed by atoms with van der Waals surface area (Å²) in [6.07, 6.45) is 1.04. The number of benzene rings is 1. The van der Waals surface area contributed by atoms with E-state index in [1.807, 2.05) is 20.9 Å². The molecule has 2 N–H and O–H groups in total. The number of nitrogens with zero attached hydrogens (tertiary/aromatic N) is 1. The summed E-state index contributed by atoms with van der Waals surface area (Å²) < 4.78 is 0. The van der Waals surface area contributed by atoms with E-state index in [9.17, 15) is 4.79 Å². The van der Waals surface area contributed by atoms with Gasteiger partial charge < -0.3 is 10.6 Å². The second kappa shape index (κ2) is 7.29. The summed E-state index contributed by atoms with van der Waals surface area (Å²) in [6.45, 7) is 7.28. The van der Waals surface area contributed by atoms with Gasteiger partial charge in [0.25, 0.3) is 0 Å². The SMILES string of the molecule is CCc1ccc(CN(C)C(=O)C(CN)C(C)C)cc1. The lowest BCUT2D eigenvalue weighted by molar-refractivity contribution is -0.135. The summed E-state index contributed by atoms with van der Waals surface area (Å²) in [5.41, 5.74) is 8.18. The van der Waals surface area contributed by atoms with Crippen LogP contribution in [0.4, 0.5) is 0 Å². The van der Waals surface area contributed by atoms with E-state index in [1.54, 1.807) is 4.90 Å². The summed E-state index contributed by atoms with van der Waals surface area (Å²) >= 11 is 0. The predicted molar refractivity (Wildman–Crippen MR) is 79.7 cm³/mol. The Morgan fingerprint density at radius 3 is 2.16 bits per heavy atom. The van der Waals surface area contributed by atoms with E-state index in [0.29, 0.717) is 13.1 Å². The number of hydrogen-bond acceptors (Lipinski definition) is 2. The lowest BCUT2D eigenvalue weighted by atomic mass is 9.94. The molecule has 3 nitrogen and oxygen atoms in total. The Bertz CT molecular complexity index is 398. The first kappa shape index (κ1) is 15.7. The van der Waals surface area contributed by atoms with Gasteiger partial charge in [-0.05, 0) is 23.5 Å². The van der Waals surface area contributed by atoms with Crippen LogP contribution in [0.1, 0.15) is 31.9 Å². The molecule has 0 saturated carbocycles. The van der Waals surface area contributed by atoms with Gasteiger partial charge in [0, 0.05) is 20.1 Å². The van der Waals surface area contributed by atoms with Gasteiger partial charge in [0.05, 0.1) is 5.92 Å². The summed E-state index contributed by atoms with van der Waals surface area (Å²) in [6, 6.07) is 8.43. The van der Waals surface area contributed by atoms with E-state index in [2.05, 4.69) is 31.2 Å². The maximum absolute atomic E-state index is 12.3. The highest BCUT2D eigenvalue weighted by Gasteiger charge is 2.23. The molecule has 1 aromatic rings. The van der Waals surface area contributed by atoms with Crippen molar-refractivity contribution >= 4 is 5.91 Å². The molecule has 1 aromatic carbocycles. The quantitative estimate of drug-likeness (QED) is 0.856. The van der Waals surface area contributed by atoms with Crippen LogP contribution in [0.25, 0.3) is 0 Å². The lowest BCUT2D eigenvalue weighted by Crippen LogP contribution is -2.38. The summed E-state index contributed by atoms with van der Waals surface area (Å²) in [4.78, 5) is 14.1. The predicted octanol–water partition coefficient (Wildman–Crippen LogP) is 2.44. The van der Waals surface area contributed by atoms with Gasteiger partial charge in [0.15, 0.2) is 0 Å². The van der Waals surface area contributed by atoms with Crippen molar-refractivity contribution in [2.45, 2.75) is 33.7 Å². The van der Waals surface area contributed by atoms with Crippen LogP contribution < -0.4 is 5.73 Å². The normalized spacial score (nSPS) is 12.5. The van der Waals surface area contributed by atoms with Crippen molar-refractivity contribution in [1.29, 1.82) is 0 Å². The summed E-state index contributed by atoms with van der Waals surface area (Å²) in [5.74, 6) is 0.333. The van der Waals surface area contributed by atoms with Gasteiger partial charge in [-0.25, -0.2) is 0 Å². The Kier molecular flexibility index (Phi) is 6.03. The van der Waals surface area contributed by atoms with Crippen LogP contribution in [0.15, 0.2) is 24.3 Å². The zero-order chi connectivity index (χ0) is 14.4. The molecule has 0 heterocycles. The summed E-state index contributed by atoms with van der Waals surface area (Å²) in [7, 11) is 1.85. The van der Waals surface area contributed by atoms with Gasteiger partial charge in [0.1, 0.15) is 0 Å². The second-order valence-electron chi connectivity index (χ2n) is 5.45. The molecular weight excluding hydrogens is 236 g/mol. The van der Waals surface area contributed by atoms with Crippen LogP contribution in [0, 0.1) is 11.8 Å². The molecule has 1 unspecified atom stereocenters. The van der Waals surface area contributed by atoms with Crippen molar-refractivity contribution < 1.29 is 4.79 Å². The molecule has 0 fully saturated rings. The average Bonchev–Trinajstić information content (AvgIpc) is 2.39. The zero-order valence-electron chi connectivity index (χ0n) is 12.5. The Hall–Kier alpha value is -1.35. The molecule has 1 rings (SSSR count). The van der Waals surface area contributed by atoms with Crippen LogP contribution in [-0.2, 0) is 17.8 Å². The van der Waals surface area contributed by atoms with Gasteiger partial charge in [-0.1, -0.05) is 45.0 Å². The average molecular weight is 262 g/mol. The van der Waals surface area contributed by atoms with E-state index >= 15 is 0 Å². The Morgan fingerprint density at radius 1 is 1.21 bits per heavy atom. The fourth-order valence-corrected chi connectivity index (χ4v) is 2.17. The molecule has 1 amide bonds. The number of nitrogens with two attached hydrogens (primary N) is 1. The van der Waals surface area contributed by atoms with Crippen molar-refractivity contribution in [2.24, 2.45) is 17.6 Å². The first-order chi connectivity index (χ1) is 8.99.